The molecule has 3 rings (SSSR count). The van der Waals surface area contributed by atoms with Crippen molar-refractivity contribution in [3.63, 3.8) is 0 Å². The van der Waals surface area contributed by atoms with Gasteiger partial charge in [0.1, 0.15) is 11.9 Å². The lowest BCUT2D eigenvalue weighted by Crippen LogP contribution is -2.31. The van der Waals surface area contributed by atoms with E-state index >= 15 is 0 Å². The molecular formula is C18H18BrNO3. The third kappa shape index (κ3) is 3.20. The molecule has 23 heavy (non-hydrogen) atoms. The van der Waals surface area contributed by atoms with E-state index in [9.17, 15) is 4.79 Å². The Morgan fingerprint density at radius 2 is 1.96 bits per heavy atom. The van der Waals surface area contributed by atoms with E-state index in [2.05, 4.69) is 15.9 Å². The first kappa shape index (κ1) is 15.9. The van der Waals surface area contributed by atoms with E-state index in [-0.39, 0.29) is 18.2 Å². The standard InChI is InChI=1S/C18H18BrNO3/c1-12-17(13-6-4-3-5-7-13)23-18(21)20(12)11-14-10-15(22-2)8-9-16(14)19/h3-10,12,17H,11H2,1-2H3/t12-,17-/m0/s1. The topological polar surface area (TPSA) is 38.8 Å². The molecule has 0 aromatic heterocycles. The maximum Gasteiger partial charge on any atom is 0.411 e. The Kier molecular flexibility index (Phi) is 4.57. The minimum atomic E-state index is -0.291. The molecule has 0 N–H and O–H groups in total. The fourth-order valence-corrected chi connectivity index (χ4v) is 3.16. The van der Waals surface area contributed by atoms with Gasteiger partial charge in [0, 0.05) is 4.47 Å². The summed E-state index contributed by atoms with van der Waals surface area (Å²) in [5, 5.41) is 0. The van der Waals surface area contributed by atoms with Crippen LogP contribution in [0.3, 0.4) is 0 Å². The summed E-state index contributed by atoms with van der Waals surface area (Å²) in [6.07, 6.45) is -0.533. The minimum Gasteiger partial charge on any atom is -0.497 e. The second kappa shape index (κ2) is 6.62. The average Bonchev–Trinajstić information content (AvgIpc) is 2.85. The quantitative estimate of drug-likeness (QED) is 0.787. The van der Waals surface area contributed by atoms with Crippen LogP contribution in [0.25, 0.3) is 0 Å². The molecule has 0 aliphatic carbocycles. The number of rotatable bonds is 4. The molecule has 1 amide bonds. The van der Waals surface area contributed by atoms with Crippen LogP contribution in [0.1, 0.15) is 24.2 Å². The molecule has 5 heteroatoms. The van der Waals surface area contributed by atoms with Gasteiger partial charge in [0.15, 0.2) is 0 Å². The first-order valence-electron chi connectivity index (χ1n) is 7.44. The lowest BCUT2D eigenvalue weighted by atomic mass is 10.0. The molecule has 0 saturated carbocycles. The van der Waals surface area contributed by atoms with E-state index in [0.717, 1.165) is 21.3 Å². The SMILES string of the molecule is COc1ccc(Br)c(CN2C(=O)O[C@H](c3ccccc3)[C@@H]2C)c1. The van der Waals surface area contributed by atoms with Crippen molar-refractivity contribution in [3.05, 3.63) is 64.1 Å². The second-order valence-electron chi connectivity index (χ2n) is 5.54. The Labute approximate surface area is 144 Å². The van der Waals surface area contributed by atoms with Crippen molar-refractivity contribution < 1.29 is 14.3 Å². The van der Waals surface area contributed by atoms with Gasteiger partial charge in [0.2, 0.25) is 0 Å². The molecule has 2 atom stereocenters. The molecule has 0 bridgehead atoms. The first-order chi connectivity index (χ1) is 11.1. The Morgan fingerprint density at radius 3 is 2.65 bits per heavy atom. The summed E-state index contributed by atoms with van der Waals surface area (Å²) < 4.78 is 11.8. The van der Waals surface area contributed by atoms with Gasteiger partial charge in [-0.2, -0.15) is 0 Å². The minimum absolute atomic E-state index is 0.0389. The molecule has 0 unspecified atom stereocenters. The largest absolute Gasteiger partial charge is 0.497 e. The van der Waals surface area contributed by atoms with Gasteiger partial charge in [-0.1, -0.05) is 46.3 Å². The summed E-state index contributed by atoms with van der Waals surface area (Å²) in [7, 11) is 1.63. The zero-order chi connectivity index (χ0) is 16.4. The summed E-state index contributed by atoms with van der Waals surface area (Å²) in [4.78, 5) is 14.0. The molecule has 0 radical (unpaired) electrons. The number of hydrogen-bond acceptors (Lipinski definition) is 3. The van der Waals surface area contributed by atoms with E-state index in [1.165, 1.54) is 0 Å². The van der Waals surface area contributed by atoms with Crippen LogP contribution in [0.2, 0.25) is 0 Å². The molecule has 1 saturated heterocycles. The van der Waals surface area contributed by atoms with Crippen LogP contribution in [0.15, 0.2) is 53.0 Å². The zero-order valence-electron chi connectivity index (χ0n) is 13.0. The van der Waals surface area contributed by atoms with Crippen molar-refractivity contribution in [1.82, 2.24) is 4.90 Å². The van der Waals surface area contributed by atoms with Crippen LogP contribution in [-0.2, 0) is 11.3 Å². The smallest absolute Gasteiger partial charge is 0.411 e. The third-order valence-electron chi connectivity index (χ3n) is 4.11. The summed E-state index contributed by atoms with van der Waals surface area (Å²) in [5.74, 6) is 0.767. The highest BCUT2D eigenvalue weighted by molar-refractivity contribution is 9.10. The number of halogens is 1. The van der Waals surface area contributed by atoms with Crippen molar-refractivity contribution in [2.45, 2.75) is 25.6 Å². The summed E-state index contributed by atoms with van der Waals surface area (Å²) in [5.41, 5.74) is 2.00. The molecule has 1 aliphatic heterocycles. The normalized spacial score (nSPS) is 20.5. The van der Waals surface area contributed by atoms with Crippen molar-refractivity contribution >= 4 is 22.0 Å². The molecule has 2 aromatic carbocycles. The highest BCUT2D eigenvalue weighted by Crippen LogP contribution is 2.34. The highest BCUT2D eigenvalue weighted by atomic mass is 79.9. The molecule has 1 aliphatic rings. The number of carbonyl (C=O) groups is 1. The summed E-state index contributed by atoms with van der Waals surface area (Å²) in [6, 6.07) is 15.5. The predicted molar refractivity (Wildman–Crippen MR) is 91.4 cm³/mol. The van der Waals surface area contributed by atoms with Crippen molar-refractivity contribution in [2.75, 3.05) is 7.11 Å². The Bertz CT molecular complexity index is 705. The van der Waals surface area contributed by atoms with Crippen LogP contribution in [0.4, 0.5) is 4.79 Å². The number of amides is 1. The van der Waals surface area contributed by atoms with Crippen LogP contribution in [0, 0.1) is 0 Å². The van der Waals surface area contributed by atoms with Crippen molar-refractivity contribution in [2.24, 2.45) is 0 Å². The number of ether oxygens (including phenoxy) is 2. The third-order valence-corrected chi connectivity index (χ3v) is 4.89. The molecule has 0 spiro atoms. The average molecular weight is 376 g/mol. The van der Waals surface area contributed by atoms with E-state index in [4.69, 9.17) is 9.47 Å². The van der Waals surface area contributed by atoms with Gasteiger partial charge < -0.3 is 9.47 Å². The number of nitrogens with zero attached hydrogens (tertiary/aromatic N) is 1. The maximum absolute atomic E-state index is 12.3. The zero-order valence-corrected chi connectivity index (χ0v) is 14.6. The lowest BCUT2D eigenvalue weighted by Gasteiger charge is -2.21. The number of methoxy groups -OCH3 is 1. The van der Waals surface area contributed by atoms with Crippen molar-refractivity contribution in [1.29, 1.82) is 0 Å². The van der Waals surface area contributed by atoms with Crippen LogP contribution >= 0.6 is 15.9 Å². The van der Waals surface area contributed by atoms with Gasteiger partial charge in [0.25, 0.3) is 0 Å². The fraction of sp³-hybridized carbons (Fsp3) is 0.278. The maximum atomic E-state index is 12.3. The van der Waals surface area contributed by atoms with Gasteiger partial charge in [-0.25, -0.2) is 4.79 Å². The molecule has 1 heterocycles. The van der Waals surface area contributed by atoms with Gasteiger partial charge in [-0.15, -0.1) is 0 Å². The van der Waals surface area contributed by atoms with E-state index < -0.39 is 0 Å². The van der Waals surface area contributed by atoms with Gasteiger partial charge in [-0.05, 0) is 36.2 Å². The van der Waals surface area contributed by atoms with Crippen LogP contribution < -0.4 is 4.74 Å². The van der Waals surface area contributed by atoms with Crippen molar-refractivity contribution in [3.8, 4) is 5.75 Å². The summed E-state index contributed by atoms with van der Waals surface area (Å²) >= 11 is 3.53. The molecule has 1 fully saturated rings. The molecule has 4 nitrogen and oxygen atoms in total. The number of benzene rings is 2. The summed E-state index contributed by atoms with van der Waals surface area (Å²) in [6.45, 7) is 2.48. The van der Waals surface area contributed by atoms with E-state index in [1.807, 2.05) is 55.5 Å². The highest BCUT2D eigenvalue weighted by Gasteiger charge is 2.39. The van der Waals surface area contributed by atoms with Gasteiger partial charge >= 0.3 is 6.09 Å². The van der Waals surface area contributed by atoms with E-state index in [1.54, 1.807) is 12.0 Å². The fourth-order valence-electron chi connectivity index (χ4n) is 2.79. The first-order valence-corrected chi connectivity index (χ1v) is 8.24. The Balaban J connectivity index is 1.82. The number of hydrogen-bond donors (Lipinski definition) is 0. The van der Waals surface area contributed by atoms with Crippen LogP contribution in [-0.4, -0.2) is 24.1 Å². The molecular weight excluding hydrogens is 358 g/mol. The van der Waals surface area contributed by atoms with E-state index in [0.29, 0.717) is 6.54 Å². The Hall–Kier alpha value is -2.01. The predicted octanol–water partition coefficient (Wildman–Crippen LogP) is 4.54. The monoisotopic (exact) mass is 375 g/mol. The molecule has 2 aromatic rings. The molecule has 120 valence electrons. The number of cyclic esters (lactones) is 1. The second-order valence-corrected chi connectivity index (χ2v) is 6.40. The lowest BCUT2D eigenvalue weighted by molar-refractivity contribution is 0.130. The van der Waals surface area contributed by atoms with Crippen LogP contribution in [0.5, 0.6) is 5.75 Å². The number of carbonyl (C=O) groups excluding carboxylic acids is 1. The van der Waals surface area contributed by atoms with Gasteiger partial charge in [0.05, 0.1) is 19.7 Å². The Morgan fingerprint density at radius 1 is 1.22 bits per heavy atom. The van der Waals surface area contributed by atoms with Gasteiger partial charge in [-0.3, -0.25) is 4.90 Å².